The molecule has 0 unspecified atom stereocenters. The molecule has 0 bridgehead atoms. The van der Waals surface area contributed by atoms with Gasteiger partial charge in [-0.2, -0.15) is 26.3 Å². The topological polar surface area (TPSA) is 40.6 Å². The van der Waals surface area contributed by atoms with Crippen molar-refractivity contribution in [3.8, 4) is 0 Å². The van der Waals surface area contributed by atoms with Crippen LogP contribution in [0, 0.1) is 0 Å². The van der Waals surface area contributed by atoms with Gasteiger partial charge in [-0.25, -0.2) is 0 Å². The van der Waals surface area contributed by atoms with E-state index >= 15 is 0 Å². The summed E-state index contributed by atoms with van der Waals surface area (Å²) >= 11 is 5.66. The zero-order chi connectivity index (χ0) is 26.3. The van der Waals surface area contributed by atoms with E-state index in [0.717, 1.165) is 5.56 Å². The number of alkyl halides is 6. The van der Waals surface area contributed by atoms with Crippen molar-refractivity contribution in [2.45, 2.75) is 43.6 Å². The van der Waals surface area contributed by atoms with Gasteiger partial charge < -0.3 is 9.80 Å². The van der Waals surface area contributed by atoms with Gasteiger partial charge in [0.2, 0.25) is 5.91 Å². The predicted molar refractivity (Wildman–Crippen MR) is 118 cm³/mol. The Kier molecular flexibility index (Phi) is 7.19. The molecule has 0 aliphatic carbocycles. The molecule has 0 radical (unpaired) electrons. The molecular weight excluding hydrogens is 498 g/mol. The van der Waals surface area contributed by atoms with Crippen LogP contribution in [0.1, 0.15) is 42.0 Å². The minimum absolute atomic E-state index is 0.0279. The van der Waals surface area contributed by atoms with Gasteiger partial charge in [0, 0.05) is 26.1 Å². The van der Waals surface area contributed by atoms with E-state index in [1.54, 1.807) is 18.2 Å². The SMILES string of the molecule is CN(C(=O)C(C)(C)c1cc(C(F)(F)F)cc(C(F)(F)F)c1)[C@@H]1CN(C(=O)Cl)C[C@H]1c1ccccc1. The Morgan fingerprint density at radius 3 is 1.83 bits per heavy atom. The molecule has 1 saturated heterocycles. The molecule has 1 fully saturated rings. The number of benzene rings is 2. The van der Waals surface area contributed by atoms with E-state index in [9.17, 15) is 35.9 Å². The van der Waals surface area contributed by atoms with Crippen molar-refractivity contribution >= 4 is 22.9 Å². The average Bonchev–Trinajstić information content (AvgIpc) is 3.23. The van der Waals surface area contributed by atoms with Gasteiger partial charge in [0.25, 0.3) is 0 Å². The van der Waals surface area contributed by atoms with Gasteiger partial charge in [0.05, 0.1) is 22.6 Å². The van der Waals surface area contributed by atoms with Crippen molar-refractivity contribution in [3.05, 3.63) is 70.8 Å². The van der Waals surface area contributed by atoms with Crippen LogP contribution in [0.3, 0.4) is 0 Å². The number of nitrogens with zero attached hydrogens (tertiary/aromatic N) is 2. The van der Waals surface area contributed by atoms with Crippen molar-refractivity contribution < 1.29 is 35.9 Å². The number of hydrogen-bond acceptors (Lipinski definition) is 2. The van der Waals surface area contributed by atoms with Crippen molar-refractivity contribution in [1.82, 2.24) is 9.80 Å². The maximum Gasteiger partial charge on any atom is 0.416 e. The van der Waals surface area contributed by atoms with Crippen LogP contribution in [-0.2, 0) is 22.6 Å². The van der Waals surface area contributed by atoms with Crippen LogP contribution in [0.2, 0.25) is 0 Å². The molecule has 2 amide bonds. The molecule has 0 spiro atoms. The average molecular weight is 521 g/mol. The number of likely N-dealkylation sites (tertiary alicyclic amines) is 1. The first-order valence-electron chi connectivity index (χ1n) is 10.6. The van der Waals surface area contributed by atoms with Gasteiger partial charge in [0.15, 0.2) is 0 Å². The summed E-state index contributed by atoms with van der Waals surface area (Å²) < 4.78 is 80.2. The fourth-order valence-corrected chi connectivity index (χ4v) is 4.52. The van der Waals surface area contributed by atoms with E-state index in [1.807, 2.05) is 12.1 Å². The third-order valence-electron chi connectivity index (χ3n) is 6.43. The third kappa shape index (κ3) is 5.58. The van der Waals surface area contributed by atoms with E-state index < -0.39 is 51.8 Å². The lowest BCUT2D eigenvalue weighted by atomic mass is 9.80. The molecule has 0 N–H and O–H groups in total. The maximum absolute atomic E-state index is 13.6. The summed E-state index contributed by atoms with van der Waals surface area (Å²) in [4.78, 5) is 28.0. The molecule has 2 aromatic rings. The van der Waals surface area contributed by atoms with Gasteiger partial charge in [-0.05, 0) is 54.8 Å². The second-order valence-corrected chi connectivity index (χ2v) is 9.40. The van der Waals surface area contributed by atoms with Gasteiger partial charge in [-0.3, -0.25) is 9.59 Å². The van der Waals surface area contributed by atoms with Crippen LogP contribution in [-0.4, -0.2) is 47.3 Å². The number of rotatable bonds is 4. The molecule has 0 aromatic heterocycles. The number of amides is 2. The van der Waals surface area contributed by atoms with E-state index in [1.165, 1.54) is 30.7 Å². The molecule has 1 heterocycles. The third-order valence-corrected chi connectivity index (χ3v) is 6.67. The normalized spacial score (nSPS) is 19.1. The first kappa shape index (κ1) is 26.8. The lowest BCUT2D eigenvalue weighted by Crippen LogP contribution is -2.49. The molecule has 0 saturated carbocycles. The molecule has 35 heavy (non-hydrogen) atoms. The minimum atomic E-state index is -5.04. The Morgan fingerprint density at radius 2 is 1.37 bits per heavy atom. The molecule has 2 aromatic carbocycles. The van der Waals surface area contributed by atoms with Gasteiger partial charge >= 0.3 is 17.7 Å². The Morgan fingerprint density at radius 1 is 0.886 bits per heavy atom. The van der Waals surface area contributed by atoms with E-state index in [0.29, 0.717) is 12.1 Å². The zero-order valence-electron chi connectivity index (χ0n) is 19.0. The molecule has 4 nitrogen and oxygen atoms in total. The maximum atomic E-state index is 13.6. The van der Waals surface area contributed by atoms with Gasteiger partial charge in [-0.1, -0.05) is 30.3 Å². The van der Waals surface area contributed by atoms with E-state index in [4.69, 9.17) is 11.6 Å². The Bertz CT molecular complexity index is 1070. The van der Waals surface area contributed by atoms with Crippen LogP contribution in [0.5, 0.6) is 0 Å². The fraction of sp³-hybridized carbons (Fsp3) is 0.417. The molecule has 1 aliphatic rings. The summed E-state index contributed by atoms with van der Waals surface area (Å²) in [7, 11) is 1.42. The summed E-state index contributed by atoms with van der Waals surface area (Å²) in [5.41, 5.74) is -4.33. The van der Waals surface area contributed by atoms with Crippen molar-refractivity contribution in [2.75, 3.05) is 20.1 Å². The number of carbonyl (C=O) groups excluding carboxylic acids is 2. The van der Waals surface area contributed by atoms with Crippen LogP contribution >= 0.6 is 11.6 Å². The number of halogens is 7. The first-order chi connectivity index (χ1) is 16.0. The number of hydrogen-bond donors (Lipinski definition) is 0. The van der Waals surface area contributed by atoms with Crippen LogP contribution in [0.25, 0.3) is 0 Å². The van der Waals surface area contributed by atoms with Gasteiger partial charge in [0.1, 0.15) is 0 Å². The molecule has 11 heteroatoms. The van der Waals surface area contributed by atoms with Crippen molar-refractivity contribution in [1.29, 1.82) is 0 Å². The fourth-order valence-electron chi connectivity index (χ4n) is 4.38. The number of carbonyl (C=O) groups is 2. The zero-order valence-corrected chi connectivity index (χ0v) is 19.8. The summed E-state index contributed by atoms with van der Waals surface area (Å²) in [5.74, 6) is -1.05. The molecule has 2 atom stereocenters. The highest BCUT2D eigenvalue weighted by Gasteiger charge is 2.45. The van der Waals surface area contributed by atoms with Gasteiger partial charge in [-0.15, -0.1) is 0 Å². The Labute approximate surface area is 203 Å². The highest BCUT2D eigenvalue weighted by Crippen LogP contribution is 2.40. The quantitative estimate of drug-likeness (QED) is 0.270. The number of likely N-dealkylation sites (N-methyl/N-ethyl adjacent to an activating group) is 1. The Hall–Kier alpha value is -2.75. The van der Waals surface area contributed by atoms with E-state index in [2.05, 4.69) is 0 Å². The highest BCUT2D eigenvalue weighted by molar-refractivity contribution is 6.62. The molecule has 1 aliphatic heterocycles. The summed E-state index contributed by atoms with van der Waals surface area (Å²) in [6, 6.07) is 9.55. The summed E-state index contributed by atoms with van der Waals surface area (Å²) in [5, 5.41) is -0.721. The highest BCUT2D eigenvalue weighted by atomic mass is 35.5. The second kappa shape index (κ2) is 9.37. The molecular formula is C24H23ClF6N2O2. The second-order valence-electron chi connectivity index (χ2n) is 9.08. The first-order valence-corrected chi connectivity index (χ1v) is 11.0. The van der Waals surface area contributed by atoms with Crippen LogP contribution < -0.4 is 0 Å². The smallest absolute Gasteiger partial charge is 0.340 e. The lowest BCUT2D eigenvalue weighted by molar-refractivity contribution is -0.144. The minimum Gasteiger partial charge on any atom is -0.340 e. The largest absolute Gasteiger partial charge is 0.416 e. The summed E-state index contributed by atoms with van der Waals surface area (Å²) in [6.07, 6.45) is -10.1. The monoisotopic (exact) mass is 520 g/mol. The standard InChI is InChI=1S/C24H23ClF6N2O2/c1-22(2,15-9-16(23(26,27)28)11-17(10-15)24(29,30)31)20(34)32(3)19-13-33(21(25)35)12-18(19)14-7-5-4-6-8-14/h4-11,18-19H,12-13H2,1-3H3/t18-,19+/m0/s1. The molecule has 190 valence electrons. The Balaban J connectivity index is 2.01. The summed E-state index contributed by atoms with van der Waals surface area (Å²) in [6.45, 7) is 2.82. The molecule has 3 rings (SSSR count). The van der Waals surface area contributed by atoms with Crippen LogP contribution in [0.15, 0.2) is 48.5 Å². The predicted octanol–water partition coefficient (Wildman–Crippen LogP) is 6.29. The van der Waals surface area contributed by atoms with Crippen molar-refractivity contribution in [2.24, 2.45) is 0 Å². The van der Waals surface area contributed by atoms with Crippen molar-refractivity contribution in [3.63, 3.8) is 0 Å². The van der Waals surface area contributed by atoms with E-state index in [-0.39, 0.29) is 25.1 Å². The lowest BCUT2D eigenvalue weighted by Gasteiger charge is -2.36. The van der Waals surface area contributed by atoms with Crippen LogP contribution in [0.4, 0.5) is 31.1 Å².